The molecule has 1 aromatic rings. The highest BCUT2D eigenvalue weighted by Crippen LogP contribution is 2.43. The summed E-state index contributed by atoms with van der Waals surface area (Å²) < 4.78 is 37.3. The number of rotatable bonds is 2. The summed E-state index contributed by atoms with van der Waals surface area (Å²) in [4.78, 5) is 29.8. The van der Waals surface area contributed by atoms with Gasteiger partial charge >= 0.3 is 5.97 Å². The molecule has 3 heterocycles. The van der Waals surface area contributed by atoms with Crippen LogP contribution in [0.5, 0.6) is 0 Å². The van der Waals surface area contributed by atoms with Gasteiger partial charge in [0, 0.05) is 38.4 Å². The van der Waals surface area contributed by atoms with Crippen molar-refractivity contribution in [3.8, 4) is 0 Å². The number of carbonyl (C=O) groups is 2. The summed E-state index contributed by atoms with van der Waals surface area (Å²) in [6.07, 6.45) is -2.40. The molecule has 10 heteroatoms. The van der Waals surface area contributed by atoms with Crippen molar-refractivity contribution in [2.45, 2.75) is 96.9 Å². The van der Waals surface area contributed by atoms with Gasteiger partial charge in [0.05, 0.1) is 41.9 Å². The number of hydrogen-bond acceptors (Lipinski definition) is 9. The normalized spacial score (nSPS) is 37.5. The molecule has 0 spiro atoms. The molecule has 2 saturated heterocycles. The fourth-order valence-corrected chi connectivity index (χ4v) is 4.38. The fourth-order valence-electron chi connectivity index (χ4n) is 4.38. The Kier molecular flexibility index (Phi) is 8.20. The third-order valence-electron chi connectivity index (χ3n) is 7.18. The number of Topliss-reactive ketones (excluding diaryl/α,β-unsaturated/α-hetero) is 1. The van der Waals surface area contributed by atoms with Crippen LogP contribution >= 0.6 is 0 Å². The number of cyclic esters (lactones) is 1. The average Bonchev–Trinajstić information content (AvgIpc) is 3.22. The van der Waals surface area contributed by atoms with Gasteiger partial charge in [0.15, 0.2) is 12.0 Å². The van der Waals surface area contributed by atoms with Crippen LogP contribution in [-0.2, 0) is 23.8 Å². The molecular formula is C25H36FNO8. The maximum atomic E-state index is 15.2. The number of aromatic nitrogens is 1. The topological polar surface area (TPSA) is 132 Å². The van der Waals surface area contributed by atoms with Crippen LogP contribution in [0.4, 0.5) is 4.39 Å². The van der Waals surface area contributed by atoms with E-state index in [0.717, 1.165) is 6.08 Å². The quantitative estimate of drug-likeness (QED) is 0.467. The number of fused-ring (bicyclic) bond motifs is 1. The molecule has 3 rings (SSSR count). The van der Waals surface area contributed by atoms with Gasteiger partial charge in [-0.2, -0.15) is 0 Å². The summed E-state index contributed by atoms with van der Waals surface area (Å²) in [6, 6.07) is 0. The minimum absolute atomic E-state index is 0.0506. The number of ether oxygens (including phenoxy) is 3. The standard InChI is InChI=1S/C25H36FNO8/c1-13-22(30)14(2)32-8-7-25(6)20(35-25)10-18(17(26)9-16-12-33-15(3)27-16)34-21(29)11-19(28)24(4,5)23(13)31/h9,12-14,18-20,22,28,30H,7-8,10-11H2,1-6H3/b17-9-/t13-,14-,18+,19+,20?,22+,25-/m1/s1. The van der Waals surface area contributed by atoms with Crippen LogP contribution in [0, 0.1) is 18.3 Å². The van der Waals surface area contributed by atoms with Gasteiger partial charge in [-0.15, -0.1) is 0 Å². The van der Waals surface area contributed by atoms with E-state index in [1.807, 2.05) is 6.92 Å². The Morgan fingerprint density at radius 1 is 1.23 bits per heavy atom. The fraction of sp³-hybridized carbons (Fsp3) is 0.720. The van der Waals surface area contributed by atoms with Gasteiger partial charge in [-0.05, 0) is 13.8 Å². The highest BCUT2D eigenvalue weighted by molar-refractivity contribution is 5.88. The summed E-state index contributed by atoms with van der Waals surface area (Å²) in [7, 11) is 0. The second-order valence-electron chi connectivity index (χ2n) is 10.4. The van der Waals surface area contributed by atoms with Crippen molar-refractivity contribution in [1.82, 2.24) is 4.98 Å². The maximum absolute atomic E-state index is 15.2. The van der Waals surface area contributed by atoms with E-state index in [-0.39, 0.29) is 18.7 Å². The zero-order chi connectivity index (χ0) is 26.1. The zero-order valence-electron chi connectivity index (χ0n) is 21.1. The summed E-state index contributed by atoms with van der Waals surface area (Å²) in [5.41, 5.74) is -1.74. The molecule has 2 aliphatic rings. The number of nitrogens with zero attached hydrogens (tertiary/aromatic N) is 1. The smallest absolute Gasteiger partial charge is 0.309 e. The predicted octanol–water partition coefficient (Wildman–Crippen LogP) is 2.90. The molecule has 196 valence electrons. The molecule has 35 heavy (non-hydrogen) atoms. The van der Waals surface area contributed by atoms with Crippen molar-refractivity contribution < 1.29 is 42.8 Å². The Labute approximate surface area is 204 Å². The van der Waals surface area contributed by atoms with Gasteiger partial charge in [0.25, 0.3) is 0 Å². The van der Waals surface area contributed by atoms with Crippen LogP contribution < -0.4 is 0 Å². The van der Waals surface area contributed by atoms with Crippen LogP contribution in [0.3, 0.4) is 0 Å². The number of carbonyl (C=O) groups excluding carboxylic acids is 2. The molecule has 0 amide bonds. The molecule has 0 bridgehead atoms. The van der Waals surface area contributed by atoms with Crippen molar-refractivity contribution in [2.24, 2.45) is 11.3 Å². The molecule has 2 fully saturated rings. The molecule has 2 aliphatic heterocycles. The Hall–Kier alpha value is -2.14. The van der Waals surface area contributed by atoms with Crippen LogP contribution in [0.1, 0.15) is 65.5 Å². The van der Waals surface area contributed by atoms with E-state index in [2.05, 4.69) is 4.98 Å². The number of epoxide rings is 1. The third-order valence-corrected chi connectivity index (χ3v) is 7.18. The first-order chi connectivity index (χ1) is 16.2. The number of oxazole rings is 1. The molecule has 1 unspecified atom stereocenters. The van der Waals surface area contributed by atoms with Crippen molar-refractivity contribution in [2.75, 3.05) is 6.61 Å². The highest BCUT2D eigenvalue weighted by Gasteiger charge is 2.53. The van der Waals surface area contributed by atoms with Crippen molar-refractivity contribution in [3.63, 3.8) is 0 Å². The highest BCUT2D eigenvalue weighted by atomic mass is 19.1. The van der Waals surface area contributed by atoms with Gasteiger partial charge in [-0.1, -0.05) is 20.8 Å². The molecular weight excluding hydrogens is 461 g/mol. The minimum atomic E-state index is -1.41. The number of halogens is 1. The van der Waals surface area contributed by atoms with E-state index in [4.69, 9.17) is 18.6 Å². The van der Waals surface area contributed by atoms with E-state index < -0.39 is 71.5 Å². The van der Waals surface area contributed by atoms with E-state index >= 15 is 4.39 Å². The second kappa shape index (κ2) is 10.5. The zero-order valence-corrected chi connectivity index (χ0v) is 21.1. The largest absolute Gasteiger partial charge is 0.455 e. The molecule has 0 aromatic carbocycles. The lowest BCUT2D eigenvalue weighted by molar-refractivity contribution is -0.156. The Morgan fingerprint density at radius 2 is 1.91 bits per heavy atom. The van der Waals surface area contributed by atoms with Crippen LogP contribution in [0.15, 0.2) is 16.5 Å². The number of aliphatic hydroxyl groups excluding tert-OH is 2. The molecule has 7 atom stereocenters. The first-order valence-electron chi connectivity index (χ1n) is 11.9. The Bertz CT molecular complexity index is 959. The number of aryl methyl sites for hydroxylation is 1. The van der Waals surface area contributed by atoms with Crippen molar-refractivity contribution in [1.29, 1.82) is 0 Å². The third kappa shape index (κ3) is 6.35. The monoisotopic (exact) mass is 497 g/mol. The second-order valence-corrected chi connectivity index (χ2v) is 10.4. The van der Waals surface area contributed by atoms with Gasteiger partial charge < -0.3 is 28.8 Å². The van der Waals surface area contributed by atoms with Crippen LogP contribution in [0.25, 0.3) is 6.08 Å². The summed E-state index contributed by atoms with van der Waals surface area (Å²) in [6.45, 7) is 9.96. The average molecular weight is 498 g/mol. The predicted molar refractivity (Wildman–Crippen MR) is 123 cm³/mol. The Morgan fingerprint density at radius 3 is 2.54 bits per heavy atom. The lowest BCUT2D eigenvalue weighted by Crippen LogP contribution is -2.47. The minimum Gasteiger partial charge on any atom is -0.455 e. The Balaban J connectivity index is 1.85. The van der Waals surface area contributed by atoms with Gasteiger partial charge in [0.1, 0.15) is 23.6 Å². The summed E-state index contributed by atoms with van der Waals surface area (Å²) >= 11 is 0. The number of esters is 1. The van der Waals surface area contributed by atoms with E-state index in [0.29, 0.717) is 12.3 Å². The first-order valence-corrected chi connectivity index (χ1v) is 11.9. The summed E-state index contributed by atoms with van der Waals surface area (Å²) in [5, 5.41) is 21.4. The SMILES string of the molecule is Cc1nc(/C=C(\F)[C@@H]2CC3O[C@]3(C)CCO[C@H](C)[C@@H](O)[C@@H](C)C(=O)C(C)(C)[C@@H](O)CC(=O)O2)co1. The van der Waals surface area contributed by atoms with Gasteiger partial charge in [-0.3, -0.25) is 9.59 Å². The van der Waals surface area contributed by atoms with Gasteiger partial charge in [0.2, 0.25) is 0 Å². The maximum Gasteiger partial charge on any atom is 0.309 e. The number of hydrogen-bond donors (Lipinski definition) is 2. The van der Waals surface area contributed by atoms with Crippen LogP contribution in [-0.4, -0.2) is 69.7 Å². The molecule has 9 nitrogen and oxygen atoms in total. The molecule has 0 saturated carbocycles. The van der Waals surface area contributed by atoms with Crippen molar-refractivity contribution >= 4 is 17.8 Å². The van der Waals surface area contributed by atoms with E-state index in [1.54, 1.807) is 20.8 Å². The number of ketones is 1. The van der Waals surface area contributed by atoms with Gasteiger partial charge in [-0.25, -0.2) is 9.37 Å². The molecule has 0 aliphatic carbocycles. The van der Waals surface area contributed by atoms with E-state index in [1.165, 1.54) is 20.1 Å². The summed E-state index contributed by atoms with van der Waals surface area (Å²) in [5.74, 6) is -2.51. The van der Waals surface area contributed by atoms with E-state index in [9.17, 15) is 19.8 Å². The molecule has 2 N–H and O–H groups in total. The lowest BCUT2D eigenvalue weighted by atomic mass is 9.74. The molecule has 0 radical (unpaired) electrons. The van der Waals surface area contributed by atoms with Crippen LogP contribution in [0.2, 0.25) is 0 Å². The van der Waals surface area contributed by atoms with Crippen molar-refractivity contribution in [3.05, 3.63) is 23.7 Å². The lowest BCUT2D eigenvalue weighted by Gasteiger charge is -2.34. The molecule has 1 aromatic heterocycles. The first kappa shape index (κ1) is 27.4. The number of aliphatic hydroxyl groups is 2.